The number of H-pyrrole nitrogens is 1. The first kappa shape index (κ1) is 10.5. The summed E-state index contributed by atoms with van der Waals surface area (Å²) >= 11 is 1.82. The number of hydrogen-bond donors (Lipinski definition) is 2. The van der Waals surface area contributed by atoms with Crippen LogP contribution in [0.1, 0.15) is 18.0 Å². The van der Waals surface area contributed by atoms with E-state index < -0.39 is 0 Å². The summed E-state index contributed by atoms with van der Waals surface area (Å²) in [6, 6.07) is 0.199. The van der Waals surface area contributed by atoms with Crippen LogP contribution in [0.25, 0.3) is 0 Å². The smallest absolute Gasteiger partial charge is 0.326 e. The maximum atomic E-state index is 11.6. The molecule has 82 valence electrons. The third kappa shape index (κ3) is 2.00. The molecular weight excluding hydrogens is 214 g/mol. The van der Waals surface area contributed by atoms with Crippen LogP contribution in [0, 0.1) is 0 Å². The second-order valence-corrected chi connectivity index (χ2v) is 4.69. The Balaban J connectivity index is 2.46. The highest BCUT2D eigenvalue weighted by Gasteiger charge is 2.19. The molecule has 2 heterocycles. The molecule has 1 saturated heterocycles. The summed E-state index contributed by atoms with van der Waals surface area (Å²) in [6.45, 7) is 0.162. The highest BCUT2D eigenvalue weighted by atomic mass is 32.2. The fraction of sp³-hybridized carbons (Fsp3) is 0.556. The van der Waals surface area contributed by atoms with E-state index in [1.807, 2.05) is 11.8 Å². The van der Waals surface area contributed by atoms with Gasteiger partial charge in [0.1, 0.15) is 0 Å². The van der Waals surface area contributed by atoms with E-state index in [0.29, 0.717) is 5.56 Å². The number of aromatic amines is 1. The summed E-state index contributed by atoms with van der Waals surface area (Å²) < 4.78 is 1.60. The van der Waals surface area contributed by atoms with E-state index in [-0.39, 0.29) is 23.8 Å². The van der Waals surface area contributed by atoms with Gasteiger partial charge in [-0.05, 0) is 12.2 Å². The number of hydrogen-bond acceptors (Lipinski definition) is 4. The Morgan fingerprint density at radius 3 is 3.00 bits per heavy atom. The van der Waals surface area contributed by atoms with Crippen LogP contribution in [-0.4, -0.2) is 21.1 Å². The maximum absolute atomic E-state index is 11.6. The van der Waals surface area contributed by atoms with Crippen molar-refractivity contribution in [3.63, 3.8) is 0 Å². The molecule has 15 heavy (non-hydrogen) atoms. The molecule has 3 N–H and O–H groups in total. The van der Waals surface area contributed by atoms with Gasteiger partial charge in [-0.1, -0.05) is 0 Å². The molecule has 0 spiro atoms. The van der Waals surface area contributed by atoms with Crippen molar-refractivity contribution in [3.05, 3.63) is 32.6 Å². The van der Waals surface area contributed by atoms with Crippen LogP contribution in [0.4, 0.5) is 0 Å². The van der Waals surface area contributed by atoms with E-state index in [9.17, 15) is 9.59 Å². The number of aromatic nitrogens is 2. The number of nitrogens with two attached hydrogens (primary N) is 1. The van der Waals surface area contributed by atoms with Gasteiger partial charge >= 0.3 is 5.69 Å². The predicted octanol–water partition coefficient (Wildman–Crippen LogP) is -0.327. The molecule has 0 aromatic carbocycles. The summed E-state index contributed by atoms with van der Waals surface area (Å²) in [7, 11) is 0. The molecule has 0 saturated carbocycles. The Labute approximate surface area is 90.7 Å². The van der Waals surface area contributed by atoms with Gasteiger partial charge in [0.05, 0.1) is 0 Å². The van der Waals surface area contributed by atoms with Crippen LogP contribution in [-0.2, 0) is 6.54 Å². The average Bonchev–Trinajstić information content (AvgIpc) is 2.71. The number of rotatable bonds is 2. The summed E-state index contributed by atoms with van der Waals surface area (Å²) in [4.78, 5) is 25.1. The molecule has 1 aromatic heterocycles. The lowest BCUT2D eigenvalue weighted by Crippen LogP contribution is -2.34. The van der Waals surface area contributed by atoms with Crippen molar-refractivity contribution < 1.29 is 0 Å². The Bertz CT molecular complexity index is 459. The lowest BCUT2D eigenvalue weighted by Gasteiger charge is -2.12. The highest BCUT2D eigenvalue weighted by molar-refractivity contribution is 7.99. The Hall–Kier alpha value is -1.01. The fourth-order valence-electron chi connectivity index (χ4n) is 1.69. The van der Waals surface area contributed by atoms with Crippen LogP contribution in [0.5, 0.6) is 0 Å². The monoisotopic (exact) mass is 227 g/mol. The highest BCUT2D eigenvalue weighted by Crippen LogP contribution is 2.26. The van der Waals surface area contributed by atoms with Crippen LogP contribution in [0.2, 0.25) is 0 Å². The predicted molar refractivity (Wildman–Crippen MR) is 60.2 cm³/mol. The molecule has 6 heteroatoms. The first-order valence-electron chi connectivity index (χ1n) is 4.84. The van der Waals surface area contributed by atoms with E-state index in [1.165, 1.54) is 0 Å². The number of nitrogens with one attached hydrogen (secondary N) is 1. The lowest BCUT2D eigenvalue weighted by molar-refractivity contribution is 0.523. The topological polar surface area (TPSA) is 80.9 Å². The average molecular weight is 227 g/mol. The van der Waals surface area contributed by atoms with Crippen molar-refractivity contribution in [2.75, 3.05) is 11.5 Å². The molecule has 1 aromatic rings. The zero-order valence-electron chi connectivity index (χ0n) is 8.23. The molecular formula is C9H13N3O2S. The van der Waals surface area contributed by atoms with Crippen molar-refractivity contribution in [1.82, 2.24) is 9.55 Å². The minimum absolute atomic E-state index is 0.162. The molecule has 1 aliphatic rings. The third-order valence-corrected chi connectivity index (χ3v) is 3.71. The van der Waals surface area contributed by atoms with Crippen LogP contribution in [0.3, 0.4) is 0 Å². The minimum Gasteiger partial charge on any atom is -0.326 e. The summed E-state index contributed by atoms with van der Waals surface area (Å²) in [6.07, 6.45) is 2.57. The van der Waals surface area contributed by atoms with E-state index in [1.54, 1.807) is 10.8 Å². The Kier molecular flexibility index (Phi) is 2.97. The maximum Gasteiger partial charge on any atom is 0.328 e. The lowest BCUT2D eigenvalue weighted by atomic mass is 10.2. The van der Waals surface area contributed by atoms with Crippen LogP contribution in [0.15, 0.2) is 15.8 Å². The van der Waals surface area contributed by atoms with E-state index in [2.05, 4.69) is 4.98 Å². The Morgan fingerprint density at radius 1 is 1.60 bits per heavy atom. The number of thioether (sulfide) groups is 1. The zero-order valence-corrected chi connectivity index (χ0v) is 9.05. The van der Waals surface area contributed by atoms with Gasteiger partial charge in [0, 0.05) is 30.1 Å². The molecule has 0 bridgehead atoms. The van der Waals surface area contributed by atoms with Gasteiger partial charge in [0.2, 0.25) is 0 Å². The number of nitrogens with zero attached hydrogens (tertiary/aromatic N) is 1. The van der Waals surface area contributed by atoms with Gasteiger partial charge in [0.25, 0.3) is 5.56 Å². The van der Waals surface area contributed by atoms with E-state index >= 15 is 0 Å². The van der Waals surface area contributed by atoms with Gasteiger partial charge in [-0.25, -0.2) is 4.79 Å². The molecule has 2 rings (SSSR count). The molecule has 0 aliphatic carbocycles. The second-order valence-electron chi connectivity index (χ2n) is 3.54. The van der Waals surface area contributed by atoms with Gasteiger partial charge < -0.3 is 5.73 Å². The fourth-order valence-corrected chi connectivity index (χ4v) is 2.89. The largest absolute Gasteiger partial charge is 0.328 e. The van der Waals surface area contributed by atoms with Gasteiger partial charge in [-0.15, -0.1) is 0 Å². The molecule has 1 fully saturated rings. The molecule has 5 nitrogen and oxygen atoms in total. The molecule has 1 atom stereocenters. The third-order valence-electron chi connectivity index (χ3n) is 2.56. The van der Waals surface area contributed by atoms with Crippen molar-refractivity contribution in [1.29, 1.82) is 0 Å². The molecule has 0 amide bonds. The molecule has 1 unspecified atom stereocenters. The minimum atomic E-state index is -0.371. The quantitative estimate of drug-likeness (QED) is 0.725. The van der Waals surface area contributed by atoms with Crippen molar-refractivity contribution in [2.45, 2.75) is 19.0 Å². The van der Waals surface area contributed by atoms with Crippen LogP contribution >= 0.6 is 11.8 Å². The van der Waals surface area contributed by atoms with Crippen molar-refractivity contribution >= 4 is 11.8 Å². The van der Waals surface area contributed by atoms with Crippen molar-refractivity contribution in [2.24, 2.45) is 5.73 Å². The van der Waals surface area contributed by atoms with Gasteiger partial charge in [-0.2, -0.15) is 11.8 Å². The van der Waals surface area contributed by atoms with Gasteiger partial charge in [0.15, 0.2) is 0 Å². The van der Waals surface area contributed by atoms with Crippen LogP contribution < -0.4 is 17.0 Å². The van der Waals surface area contributed by atoms with Gasteiger partial charge in [-0.3, -0.25) is 14.3 Å². The SMILES string of the molecule is NCc1cn(C2CCSC2)c(=O)[nH]c1=O. The summed E-state index contributed by atoms with van der Waals surface area (Å²) in [5.74, 6) is 1.99. The second kappa shape index (κ2) is 4.24. The van der Waals surface area contributed by atoms with E-state index in [4.69, 9.17) is 5.73 Å². The Morgan fingerprint density at radius 2 is 2.40 bits per heavy atom. The summed E-state index contributed by atoms with van der Waals surface area (Å²) in [5, 5.41) is 0. The van der Waals surface area contributed by atoms with E-state index in [0.717, 1.165) is 17.9 Å². The first-order chi connectivity index (χ1) is 7.22. The standard InChI is InChI=1S/C9H13N3O2S/c10-3-6-4-12(7-1-2-15-5-7)9(14)11-8(6)13/h4,7H,1-3,5,10H2,(H,11,13,14). The molecule has 1 aliphatic heterocycles. The first-order valence-corrected chi connectivity index (χ1v) is 6.00. The summed E-state index contributed by atoms with van der Waals surface area (Å²) in [5.41, 5.74) is 5.19. The molecule has 0 radical (unpaired) electrons. The zero-order chi connectivity index (χ0) is 10.8. The van der Waals surface area contributed by atoms with Crippen molar-refractivity contribution in [3.8, 4) is 0 Å². The normalized spacial score (nSPS) is 20.7.